The standard InChI is InChI=1S/C18H26N4O2/c1-21(2)14-18(23)7-5-10-22(11-8-18)13-15-12-17(20-24-15)16-6-3-4-9-19-16/h3-4,6,9,12,23H,5,7-8,10-11,13-14H2,1-2H3/t18-/m0/s1. The third-order valence-corrected chi connectivity index (χ3v) is 4.49. The zero-order valence-electron chi connectivity index (χ0n) is 14.5. The fraction of sp³-hybridized carbons (Fsp3) is 0.556. The summed E-state index contributed by atoms with van der Waals surface area (Å²) in [6.07, 6.45) is 4.37. The van der Waals surface area contributed by atoms with Crippen molar-refractivity contribution in [3.8, 4) is 11.4 Å². The molecule has 3 rings (SSSR count). The monoisotopic (exact) mass is 330 g/mol. The molecule has 0 aliphatic carbocycles. The molecule has 1 N–H and O–H groups in total. The highest BCUT2D eigenvalue weighted by molar-refractivity contribution is 5.52. The molecule has 2 aromatic rings. The van der Waals surface area contributed by atoms with Crippen LogP contribution in [0.2, 0.25) is 0 Å². The van der Waals surface area contributed by atoms with E-state index in [2.05, 4.69) is 19.9 Å². The van der Waals surface area contributed by atoms with Crippen molar-refractivity contribution in [3.05, 3.63) is 36.2 Å². The molecule has 0 saturated carbocycles. The summed E-state index contributed by atoms with van der Waals surface area (Å²) in [5.41, 5.74) is 1.01. The summed E-state index contributed by atoms with van der Waals surface area (Å²) in [5.74, 6) is 0.841. The normalized spacial score (nSPS) is 22.7. The zero-order valence-corrected chi connectivity index (χ0v) is 14.5. The van der Waals surface area contributed by atoms with E-state index in [0.29, 0.717) is 6.54 Å². The fourth-order valence-electron chi connectivity index (χ4n) is 3.38. The summed E-state index contributed by atoms with van der Waals surface area (Å²) in [6, 6.07) is 7.71. The summed E-state index contributed by atoms with van der Waals surface area (Å²) >= 11 is 0. The number of hydrogen-bond acceptors (Lipinski definition) is 6. The van der Waals surface area contributed by atoms with Gasteiger partial charge in [0.05, 0.1) is 17.8 Å². The van der Waals surface area contributed by atoms with Crippen molar-refractivity contribution in [2.45, 2.75) is 31.4 Å². The molecule has 0 spiro atoms. The minimum atomic E-state index is -0.585. The smallest absolute Gasteiger partial charge is 0.151 e. The molecule has 0 bridgehead atoms. The van der Waals surface area contributed by atoms with Crippen LogP contribution in [0.1, 0.15) is 25.0 Å². The third-order valence-electron chi connectivity index (χ3n) is 4.49. The summed E-state index contributed by atoms with van der Waals surface area (Å²) in [4.78, 5) is 8.69. The molecule has 6 heteroatoms. The van der Waals surface area contributed by atoms with Crippen LogP contribution in [0.3, 0.4) is 0 Å². The Hall–Kier alpha value is -1.76. The number of rotatable bonds is 5. The van der Waals surface area contributed by atoms with Gasteiger partial charge >= 0.3 is 0 Å². The lowest BCUT2D eigenvalue weighted by Crippen LogP contribution is -2.40. The highest BCUT2D eigenvalue weighted by atomic mass is 16.5. The molecule has 1 aliphatic heterocycles. The summed E-state index contributed by atoms with van der Waals surface area (Å²) < 4.78 is 5.48. The van der Waals surface area contributed by atoms with Crippen LogP contribution in [-0.2, 0) is 6.54 Å². The summed E-state index contributed by atoms with van der Waals surface area (Å²) in [5, 5.41) is 14.9. The van der Waals surface area contributed by atoms with Crippen LogP contribution in [0, 0.1) is 0 Å². The Morgan fingerprint density at radius 2 is 2.12 bits per heavy atom. The topological polar surface area (TPSA) is 65.6 Å². The van der Waals surface area contributed by atoms with Gasteiger partial charge in [0, 0.05) is 25.4 Å². The van der Waals surface area contributed by atoms with Gasteiger partial charge in [-0.3, -0.25) is 9.88 Å². The lowest BCUT2D eigenvalue weighted by molar-refractivity contribution is 0.00241. The maximum Gasteiger partial charge on any atom is 0.151 e. The maximum absolute atomic E-state index is 10.7. The van der Waals surface area contributed by atoms with Gasteiger partial charge in [-0.2, -0.15) is 0 Å². The Kier molecular flexibility index (Phi) is 5.28. The first kappa shape index (κ1) is 17.1. The van der Waals surface area contributed by atoms with Crippen molar-refractivity contribution in [1.82, 2.24) is 19.9 Å². The second kappa shape index (κ2) is 7.42. The largest absolute Gasteiger partial charge is 0.389 e. The van der Waals surface area contributed by atoms with Gasteiger partial charge in [0.25, 0.3) is 0 Å². The molecule has 1 aliphatic rings. The van der Waals surface area contributed by atoms with E-state index in [1.54, 1.807) is 6.20 Å². The van der Waals surface area contributed by atoms with Crippen molar-refractivity contribution in [3.63, 3.8) is 0 Å². The molecule has 130 valence electrons. The molecule has 0 aromatic carbocycles. The minimum absolute atomic E-state index is 0.585. The predicted molar refractivity (Wildman–Crippen MR) is 92.4 cm³/mol. The quantitative estimate of drug-likeness (QED) is 0.905. The van der Waals surface area contributed by atoms with E-state index in [9.17, 15) is 5.11 Å². The Balaban J connectivity index is 1.60. The molecule has 0 unspecified atom stereocenters. The van der Waals surface area contributed by atoms with E-state index in [-0.39, 0.29) is 0 Å². The number of aliphatic hydroxyl groups is 1. The van der Waals surface area contributed by atoms with Crippen LogP contribution in [0.25, 0.3) is 11.4 Å². The number of likely N-dealkylation sites (N-methyl/N-ethyl adjacent to an activating group) is 1. The zero-order chi connectivity index (χ0) is 17.0. The van der Waals surface area contributed by atoms with E-state index < -0.39 is 5.60 Å². The molecular weight excluding hydrogens is 304 g/mol. The average Bonchev–Trinajstić information content (AvgIpc) is 2.93. The van der Waals surface area contributed by atoms with Crippen molar-refractivity contribution in [2.24, 2.45) is 0 Å². The number of likely N-dealkylation sites (tertiary alicyclic amines) is 1. The lowest BCUT2D eigenvalue weighted by Gasteiger charge is -2.29. The van der Waals surface area contributed by atoms with Crippen molar-refractivity contribution in [1.29, 1.82) is 0 Å². The Labute approximate surface area is 143 Å². The highest BCUT2D eigenvalue weighted by Gasteiger charge is 2.30. The van der Waals surface area contributed by atoms with Gasteiger partial charge in [0.15, 0.2) is 5.76 Å². The first-order valence-corrected chi connectivity index (χ1v) is 8.51. The van der Waals surface area contributed by atoms with E-state index in [0.717, 1.165) is 56.0 Å². The Morgan fingerprint density at radius 3 is 2.88 bits per heavy atom. The molecular formula is C18H26N4O2. The molecule has 1 saturated heterocycles. The first-order chi connectivity index (χ1) is 11.5. The van der Waals surface area contributed by atoms with Crippen LogP contribution in [0.15, 0.2) is 35.0 Å². The van der Waals surface area contributed by atoms with E-state index in [4.69, 9.17) is 4.52 Å². The van der Waals surface area contributed by atoms with Crippen molar-refractivity contribution >= 4 is 0 Å². The van der Waals surface area contributed by atoms with Crippen LogP contribution in [-0.4, -0.2) is 64.4 Å². The molecule has 3 heterocycles. The van der Waals surface area contributed by atoms with Crippen molar-refractivity contribution in [2.75, 3.05) is 33.7 Å². The van der Waals surface area contributed by atoms with Gasteiger partial charge in [-0.1, -0.05) is 11.2 Å². The summed E-state index contributed by atoms with van der Waals surface area (Å²) in [7, 11) is 4.02. The van der Waals surface area contributed by atoms with Crippen LogP contribution >= 0.6 is 0 Å². The SMILES string of the molecule is CN(C)C[C@]1(O)CCCN(Cc2cc(-c3ccccn3)no2)CC1. The molecule has 6 nitrogen and oxygen atoms in total. The second-order valence-corrected chi connectivity index (χ2v) is 6.99. The number of nitrogens with zero attached hydrogens (tertiary/aromatic N) is 4. The highest BCUT2D eigenvalue weighted by Crippen LogP contribution is 2.24. The average molecular weight is 330 g/mol. The Bertz CT molecular complexity index is 643. The van der Waals surface area contributed by atoms with Gasteiger partial charge in [0.2, 0.25) is 0 Å². The molecule has 2 aromatic heterocycles. The number of pyridine rings is 1. The summed E-state index contributed by atoms with van der Waals surface area (Å²) in [6.45, 7) is 3.27. The lowest BCUT2D eigenvalue weighted by atomic mass is 9.94. The minimum Gasteiger partial charge on any atom is -0.389 e. The van der Waals surface area contributed by atoms with Gasteiger partial charge in [0.1, 0.15) is 5.69 Å². The van der Waals surface area contributed by atoms with E-state index in [1.807, 2.05) is 38.4 Å². The van der Waals surface area contributed by atoms with Crippen molar-refractivity contribution < 1.29 is 9.63 Å². The molecule has 1 fully saturated rings. The molecule has 0 radical (unpaired) electrons. The molecule has 1 atom stereocenters. The van der Waals surface area contributed by atoms with Gasteiger partial charge in [-0.05, 0) is 52.0 Å². The maximum atomic E-state index is 10.7. The number of aromatic nitrogens is 2. The first-order valence-electron chi connectivity index (χ1n) is 8.51. The van der Waals surface area contributed by atoms with Gasteiger partial charge < -0.3 is 14.5 Å². The van der Waals surface area contributed by atoms with E-state index >= 15 is 0 Å². The molecule has 0 amide bonds. The predicted octanol–water partition coefficient (Wildman–Crippen LogP) is 2.02. The van der Waals surface area contributed by atoms with Gasteiger partial charge in [-0.25, -0.2) is 0 Å². The van der Waals surface area contributed by atoms with E-state index in [1.165, 1.54) is 0 Å². The Morgan fingerprint density at radius 1 is 1.25 bits per heavy atom. The molecule has 24 heavy (non-hydrogen) atoms. The van der Waals surface area contributed by atoms with Crippen LogP contribution < -0.4 is 0 Å². The van der Waals surface area contributed by atoms with Gasteiger partial charge in [-0.15, -0.1) is 0 Å². The fourth-order valence-corrected chi connectivity index (χ4v) is 3.38. The van der Waals surface area contributed by atoms with Crippen LogP contribution in [0.5, 0.6) is 0 Å². The third kappa shape index (κ3) is 4.41. The second-order valence-electron chi connectivity index (χ2n) is 6.99. The van der Waals surface area contributed by atoms with Crippen LogP contribution in [0.4, 0.5) is 0 Å². The number of hydrogen-bond donors (Lipinski definition) is 1.